The Morgan fingerprint density at radius 2 is 1.81 bits per heavy atom. The molecule has 2 aromatic carbocycles. The second kappa shape index (κ2) is 7.51. The number of para-hydroxylation sites is 1. The molecule has 1 unspecified atom stereocenters. The van der Waals surface area contributed by atoms with Crippen LogP contribution in [0.2, 0.25) is 0 Å². The van der Waals surface area contributed by atoms with Crippen molar-refractivity contribution >= 4 is 5.91 Å². The Morgan fingerprint density at radius 1 is 1.13 bits per heavy atom. The Hall–Kier alpha value is -2.61. The summed E-state index contributed by atoms with van der Waals surface area (Å²) in [6.45, 7) is 1.98. The fourth-order valence-electron chi connectivity index (χ4n) is 4.47. The van der Waals surface area contributed by atoms with Gasteiger partial charge in [0, 0.05) is 17.7 Å². The van der Waals surface area contributed by atoms with Crippen LogP contribution in [0.15, 0.2) is 36.4 Å². The van der Waals surface area contributed by atoms with E-state index < -0.39 is 36.2 Å². The lowest BCUT2D eigenvalue weighted by Crippen LogP contribution is -2.51. The molecule has 0 spiro atoms. The highest BCUT2D eigenvalue weighted by molar-refractivity contribution is 6.05. The van der Waals surface area contributed by atoms with Gasteiger partial charge in [-0.1, -0.05) is 24.3 Å². The molecule has 1 N–H and O–H groups in total. The monoisotopic (exact) mass is 437 g/mol. The second-order valence-electron chi connectivity index (χ2n) is 8.73. The van der Waals surface area contributed by atoms with Crippen LogP contribution in [0.25, 0.3) is 11.1 Å². The fourth-order valence-corrected chi connectivity index (χ4v) is 4.47. The maximum absolute atomic E-state index is 15.0. The van der Waals surface area contributed by atoms with E-state index >= 15 is 0 Å². The summed E-state index contributed by atoms with van der Waals surface area (Å²) in [5, 5.41) is 10.7. The van der Waals surface area contributed by atoms with Crippen LogP contribution in [-0.2, 0) is 6.54 Å². The van der Waals surface area contributed by atoms with Gasteiger partial charge < -0.3 is 14.7 Å². The summed E-state index contributed by atoms with van der Waals surface area (Å²) in [7, 11) is 0. The zero-order valence-electron chi connectivity index (χ0n) is 17.2. The van der Waals surface area contributed by atoms with Gasteiger partial charge in [0.1, 0.15) is 11.6 Å². The third kappa shape index (κ3) is 4.26. The molecule has 1 amide bonds. The number of alkyl halides is 3. The minimum Gasteiger partial charge on any atom is -0.483 e. The Labute approximate surface area is 177 Å². The number of carbonyl (C=O) groups excluding carboxylic acids is 1. The quantitative estimate of drug-likeness (QED) is 0.652. The van der Waals surface area contributed by atoms with Gasteiger partial charge in [0.05, 0.1) is 17.2 Å². The first-order chi connectivity index (χ1) is 14.5. The molecule has 31 heavy (non-hydrogen) atoms. The maximum Gasteiger partial charge on any atom is 0.422 e. The van der Waals surface area contributed by atoms with Gasteiger partial charge in [-0.2, -0.15) is 13.2 Å². The highest BCUT2D eigenvalue weighted by Gasteiger charge is 2.48. The van der Waals surface area contributed by atoms with Gasteiger partial charge in [-0.3, -0.25) is 4.79 Å². The molecule has 1 heterocycles. The predicted octanol–water partition coefficient (Wildman–Crippen LogP) is 4.94. The predicted molar refractivity (Wildman–Crippen MR) is 106 cm³/mol. The van der Waals surface area contributed by atoms with Crippen molar-refractivity contribution in [1.82, 2.24) is 4.90 Å². The van der Waals surface area contributed by atoms with Gasteiger partial charge in [0.25, 0.3) is 5.91 Å². The molecule has 0 bridgehead atoms. The third-order valence-electron chi connectivity index (χ3n) is 5.73. The van der Waals surface area contributed by atoms with Gasteiger partial charge in [-0.05, 0) is 50.3 Å². The third-order valence-corrected chi connectivity index (χ3v) is 5.73. The van der Waals surface area contributed by atoms with Crippen LogP contribution >= 0.6 is 0 Å². The van der Waals surface area contributed by atoms with E-state index in [1.807, 2.05) is 0 Å². The molecule has 2 aromatic rings. The number of amides is 1. The molecule has 4 nitrogen and oxygen atoms in total. The fraction of sp³-hybridized carbons (Fsp3) is 0.435. The molecule has 2 aliphatic rings. The number of hydrogen-bond donors (Lipinski definition) is 1. The van der Waals surface area contributed by atoms with Crippen LogP contribution in [0.4, 0.5) is 17.6 Å². The van der Waals surface area contributed by atoms with Crippen molar-refractivity contribution < 1.29 is 32.2 Å². The minimum atomic E-state index is -4.55. The van der Waals surface area contributed by atoms with Crippen molar-refractivity contribution in [3.63, 3.8) is 0 Å². The van der Waals surface area contributed by atoms with Crippen molar-refractivity contribution in [2.75, 3.05) is 6.61 Å². The minimum absolute atomic E-state index is 0.0759. The summed E-state index contributed by atoms with van der Waals surface area (Å²) in [5.41, 5.74) is -0.457. The zero-order valence-corrected chi connectivity index (χ0v) is 17.2. The average molecular weight is 437 g/mol. The molecular formula is C23H23F4NO3. The molecule has 1 fully saturated rings. The number of ether oxygens (including phenoxy) is 1. The van der Waals surface area contributed by atoms with Crippen molar-refractivity contribution in [2.24, 2.45) is 5.92 Å². The number of rotatable bonds is 6. The van der Waals surface area contributed by atoms with Crippen molar-refractivity contribution in [3.05, 3.63) is 53.3 Å². The molecule has 166 valence electrons. The largest absolute Gasteiger partial charge is 0.483 e. The molecule has 8 heteroatoms. The number of aliphatic hydroxyl groups is 1. The number of hydrogen-bond acceptors (Lipinski definition) is 3. The van der Waals surface area contributed by atoms with Crippen LogP contribution in [-0.4, -0.2) is 40.3 Å². The number of benzene rings is 2. The van der Waals surface area contributed by atoms with E-state index in [4.69, 9.17) is 4.74 Å². The number of halogens is 4. The number of fused-ring (bicyclic) bond motifs is 1. The van der Waals surface area contributed by atoms with Gasteiger partial charge in [-0.25, -0.2) is 4.39 Å². The summed E-state index contributed by atoms with van der Waals surface area (Å²) >= 11 is 0. The van der Waals surface area contributed by atoms with E-state index in [-0.39, 0.29) is 34.9 Å². The molecule has 1 atom stereocenters. The standard InChI is InChI=1S/C23H23F4NO3/c1-22(2,30)20(13-7-8-13)28-11-14-9-10-16(24)19(18(14)21(28)29)15-5-3-4-6-17(15)31-12-23(25,26)27/h3-6,9-10,13,20,30H,7-8,11-12H2,1-2H3. The van der Waals surface area contributed by atoms with E-state index in [2.05, 4.69) is 0 Å². The summed E-state index contributed by atoms with van der Waals surface area (Å²) in [4.78, 5) is 15.0. The highest BCUT2D eigenvalue weighted by Crippen LogP contribution is 2.45. The van der Waals surface area contributed by atoms with Gasteiger partial charge >= 0.3 is 6.18 Å². The van der Waals surface area contributed by atoms with Gasteiger partial charge in [0.15, 0.2) is 6.61 Å². The van der Waals surface area contributed by atoms with E-state index in [0.29, 0.717) is 5.56 Å². The van der Waals surface area contributed by atoms with Crippen LogP contribution in [0.1, 0.15) is 42.6 Å². The number of carbonyl (C=O) groups is 1. The Morgan fingerprint density at radius 3 is 2.42 bits per heavy atom. The van der Waals surface area contributed by atoms with Crippen molar-refractivity contribution in [3.8, 4) is 16.9 Å². The van der Waals surface area contributed by atoms with Crippen LogP contribution in [0.3, 0.4) is 0 Å². The van der Waals surface area contributed by atoms with E-state index in [1.165, 1.54) is 30.3 Å². The molecule has 4 rings (SSSR count). The van der Waals surface area contributed by atoms with E-state index in [9.17, 15) is 27.5 Å². The first-order valence-corrected chi connectivity index (χ1v) is 10.1. The molecule has 1 aliphatic heterocycles. The van der Waals surface area contributed by atoms with Crippen LogP contribution in [0, 0.1) is 11.7 Å². The summed E-state index contributed by atoms with van der Waals surface area (Å²) in [5.74, 6) is -1.15. The molecule has 1 saturated carbocycles. The first-order valence-electron chi connectivity index (χ1n) is 10.1. The normalized spacial score (nSPS) is 17.6. The van der Waals surface area contributed by atoms with Crippen LogP contribution in [0.5, 0.6) is 5.75 Å². The maximum atomic E-state index is 15.0. The smallest absolute Gasteiger partial charge is 0.422 e. The zero-order chi connectivity index (χ0) is 22.6. The second-order valence-corrected chi connectivity index (χ2v) is 8.73. The highest BCUT2D eigenvalue weighted by atomic mass is 19.4. The van der Waals surface area contributed by atoms with Crippen molar-refractivity contribution in [1.29, 1.82) is 0 Å². The summed E-state index contributed by atoms with van der Waals surface area (Å²) in [6, 6.07) is 8.09. The van der Waals surface area contributed by atoms with E-state index in [1.54, 1.807) is 24.8 Å². The lowest BCUT2D eigenvalue weighted by molar-refractivity contribution is -0.153. The SMILES string of the molecule is CC(C)(O)C(C1CC1)N1Cc2ccc(F)c(-c3ccccc3OCC(F)(F)F)c2C1=O. The molecular weight excluding hydrogens is 414 g/mol. The summed E-state index contributed by atoms with van der Waals surface area (Å²) in [6.07, 6.45) is -2.77. The lowest BCUT2D eigenvalue weighted by Gasteiger charge is -2.37. The Kier molecular flexibility index (Phi) is 5.24. The summed E-state index contributed by atoms with van der Waals surface area (Å²) < 4.78 is 58.0. The van der Waals surface area contributed by atoms with Gasteiger partial charge in [0.2, 0.25) is 0 Å². The topological polar surface area (TPSA) is 49.8 Å². The number of nitrogens with zero attached hydrogens (tertiary/aromatic N) is 1. The average Bonchev–Trinajstić information content (AvgIpc) is 3.44. The lowest BCUT2D eigenvalue weighted by atomic mass is 9.92. The van der Waals surface area contributed by atoms with Crippen molar-refractivity contribution in [2.45, 2.75) is 51.1 Å². The molecule has 1 aliphatic carbocycles. The van der Waals surface area contributed by atoms with Crippen LogP contribution < -0.4 is 4.74 Å². The Balaban J connectivity index is 1.77. The Bertz CT molecular complexity index is 1010. The molecule has 0 saturated heterocycles. The van der Waals surface area contributed by atoms with E-state index in [0.717, 1.165) is 12.8 Å². The molecule has 0 radical (unpaired) electrons. The molecule has 0 aromatic heterocycles. The van der Waals surface area contributed by atoms with Gasteiger partial charge in [-0.15, -0.1) is 0 Å². The first kappa shape index (κ1) is 21.6.